The molecular formula is C15H16N2O3S2. The van der Waals surface area contributed by atoms with Gasteiger partial charge in [0.15, 0.2) is 14.6 Å². The number of rotatable bonds is 4. The molecule has 0 bridgehead atoms. The van der Waals surface area contributed by atoms with Crippen molar-refractivity contribution < 1.29 is 13.2 Å². The Kier molecular flexibility index (Phi) is 3.78. The predicted molar refractivity (Wildman–Crippen MR) is 86.4 cm³/mol. The van der Waals surface area contributed by atoms with Crippen LogP contribution in [-0.4, -0.2) is 25.1 Å². The molecule has 0 saturated heterocycles. The molecule has 1 aromatic carbocycles. The van der Waals surface area contributed by atoms with Crippen LogP contribution in [0.5, 0.6) is 0 Å². The zero-order valence-electron chi connectivity index (χ0n) is 12.2. The molecule has 1 saturated carbocycles. The molecule has 3 rings (SSSR count). The summed E-state index contributed by atoms with van der Waals surface area (Å²) in [6, 6.07) is 4.97. The second-order valence-corrected chi connectivity index (χ2v) is 8.43. The van der Waals surface area contributed by atoms with Crippen LogP contribution in [0.4, 0.5) is 0 Å². The number of benzene rings is 1. The SMILES string of the molecule is C=CCn1c(=NC(=O)C2CC2)sc2cc(S(C)(=O)=O)ccc21. The first kappa shape index (κ1) is 15.2. The van der Waals surface area contributed by atoms with Crippen molar-refractivity contribution in [3.63, 3.8) is 0 Å². The maximum absolute atomic E-state index is 11.9. The lowest BCUT2D eigenvalue weighted by Crippen LogP contribution is -2.16. The van der Waals surface area contributed by atoms with E-state index in [9.17, 15) is 13.2 Å². The van der Waals surface area contributed by atoms with E-state index in [1.807, 2.05) is 4.57 Å². The van der Waals surface area contributed by atoms with Crippen LogP contribution in [0.3, 0.4) is 0 Å². The Hall–Kier alpha value is -1.73. The molecule has 1 amide bonds. The standard InChI is InChI=1S/C15H16N2O3S2/c1-3-8-17-12-7-6-11(22(2,19)20)9-13(12)21-15(17)16-14(18)10-4-5-10/h3,6-7,9-10H,1,4-5,8H2,2H3. The number of amides is 1. The topological polar surface area (TPSA) is 68.5 Å². The minimum Gasteiger partial charge on any atom is -0.313 e. The van der Waals surface area contributed by atoms with Gasteiger partial charge in [-0.25, -0.2) is 8.42 Å². The number of carbonyl (C=O) groups is 1. The molecule has 0 radical (unpaired) electrons. The molecule has 1 aromatic heterocycles. The minimum absolute atomic E-state index is 0.0639. The number of fused-ring (bicyclic) bond motifs is 1. The number of aromatic nitrogens is 1. The molecule has 1 heterocycles. The summed E-state index contributed by atoms with van der Waals surface area (Å²) in [4.78, 5) is 17.0. The van der Waals surface area contributed by atoms with E-state index in [1.54, 1.807) is 24.3 Å². The number of hydrogen-bond acceptors (Lipinski definition) is 4. The monoisotopic (exact) mass is 336 g/mol. The van der Waals surface area contributed by atoms with E-state index in [2.05, 4.69) is 11.6 Å². The average Bonchev–Trinajstić information content (AvgIpc) is 3.23. The van der Waals surface area contributed by atoms with Gasteiger partial charge in [0.1, 0.15) is 0 Å². The number of allylic oxidation sites excluding steroid dienone is 1. The lowest BCUT2D eigenvalue weighted by atomic mass is 10.3. The van der Waals surface area contributed by atoms with Crippen molar-refractivity contribution in [2.75, 3.05) is 6.26 Å². The molecule has 116 valence electrons. The lowest BCUT2D eigenvalue weighted by molar-refractivity contribution is -0.119. The van der Waals surface area contributed by atoms with Crippen LogP contribution in [0.2, 0.25) is 0 Å². The van der Waals surface area contributed by atoms with E-state index in [1.165, 1.54) is 17.6 Å². The fourth-order valence-corrected chi connectivity index (χ4v) is 4.00. The number of thiazole rings is 1. The maximum Gasteiger partial charge on any atom is 0.251 e. The summed E-state index contributed by atoms with van der Waals surface area (Å²) in [7, 11) is -3.26. The van der Waals surface area contributed by atoms with Gasteiger partial charge in [-0.15, -0.1) is 6.58 Å². The second kappa shape index (κ2) is 5.48. The summed E-state index contributed by atoms with van der Waals surface area (Å²) >= 11 is 1.33. The van der Waals surface area contributed by atoms with Crippen molar-refractivity contribution in [1.29, 1.82) is 0 Å². The Bertz CT molecular complexity index is 931. The molecule has 1 fully saturated rings. The van der Waals surface area contributed by atoms with Gasteiger partial charge in [0.2, 0.25) is 0 Å². The normalized spacial score (nSPS) is 16.1. The lowest BCUT2D eigenvalue weighted by Gasteiger charge is -2.02. The maximum atomic E-state index is 11.9. The zero-order valence-corrected chi connectivity index (χ0v) is 13.8. The molecule has 0 atom stereocenters. The van der Waals surface area contributed by atoms with E-state index in [0.29, 0.717) is 11.3 Å². The molecule has 5 nitrogen and oxygen atoms in total. The average molecular weight is 336 g/mol. The summed E-state index contributed by atoms with van der Waals surface area (Å²) in [6.45, 7) is 4.25. The van der Waals surface area contributed by atoms with Gasteiger partial charge in [0, 0.05) is 18.7 Å². The molecule has 0 aliphatic heterocycles. The summed E-state index contributed by atoms with van der Waals surface area (Å²) in [5.74, 6) is -0.0262. The Morgan fingerprint density at radius 1 is 1.50 bits per heavy atom. The van der Waals surface area contributed by atoms with Crippen molar-refractivity contribution in [1.82, 2.24) is 4.57 Å². The van der Waals surface area contributed by atoms with Crippen LogP contribution in [0.15, 0.2) is 40.7 Å². The van der Waals surface area contributed by atoms with Gasteiger partial charge >= 0.3 is 0 Å². The smallest absolute Gasteiger partial charge is 0.251 e. The number of carbonyl (C=O) groups excluding carboxylic acids is 1. The van der Waals surface area contributed by atoms with Crippen molar-refractivity contribution in [2.45, 2.75) is 24.3 Å². The number of sulfone groups is 1. The first-order chi connectivity index (χ1) is 10.4. The third-order valence-electron chi connectivity index (χ3n) is 3.53. The van der Waals surface area contributed by atoms with Crippen molar-refractivity contribution >= 4 is 37.3 Å². The van der Waals surface area contributed by atoms with Crippen LogP contribution in [-0.2, 0) is 21.2 Å². The Morgan fingerprint density at radius 2 is 2.23 bits per heavy atom. The van der Waals surface area contributed by atoms with Gasteiger partial charge < -0.3 is 4.57 Å². The number of hydrogen-bond donors (Lipinski definition) is 0. The van der Waals surface area contributed by atoms with Crippen molar-refractivity contribution in [2.24, 2.45) is 10.9 Å². The van der Waals surface area contributed by atoms with E-state index in [4.69, 9.17) is 0 Å². The van der Waals surface area contributed by atoms with Crippen LogP contribution >= 0.6 is 11.3 Å². The van der Waals surface area contributed by atoms with Crippen LogP contribution in [0.1, 0.15) is 12.8 Å². The van der Waals surface area contributed by atoms with Gasteiger partial charge in [-0.1, -0.05) is 17.4 Å². The van der Waals surface area contributed by atoms with Gasteiger partial charge in [-0.2, -0.15) is 4.99 Å². The van der Waals surface area contributed by atoms with E-state index in [-0.39, 0.29) is 16.7 Å². The van der Waals surface area contributed by atoms with Crippen LogP contribution in [0, 0.1) is 5.92 Å². The molecule has 0 spiro atoms. The zero-order chi connectivity index (χ0) is 15.9. The molecule has 2 aromatic rings. The summed E-state index contributed by atoms with van der Waals surface area (Å²) in [5, 5.41) is 0. The summed E-state index contributed by atoms with van der Waals surface area (Å²) in [6.07, 6.45) is 4.73. The quantitative estimate of drug-likeness (QED) is 0.803. The summed E-state index contributed by atoms with van der Waals surface area (Å²) in [5.41, 5.74) is 0.861. The van der Waals surface area contributed by atoms with E-state index in [0.717, 1.165) is 23.1 Å². The molecular weight excluding hydrogens is 320 g/mol. The highest BCUT2D eigenvalue weighted by Crippen LogP contribution is 2.30. The van der Waals surface area contributed by atoms with Gasteiger partial charge in [0.25, 0.3) is 5.91 Å². The van der Waals surface area contributed by atoms with Gasteiger partial charge in [-0.05, 0) is 31.0 Å². The van der Waals surface area contributed by atoms with E-state index < -0.39 is 9.84 Å². The molecule has 1 aliphatic carbocycles. The van der Waals surface area contributed by atoms with Crippen LogP contribution < -0.4 is 4.80 Å². The molecule has 0 N–H and O–H groups in total. The van der Waals surface area contributed by atoms with Crippen molar-refractivity contribution in [3.8, 4) is 0 Å². The van der Waals surface area contributed by atoms with E-state index >= 15 is 0 Å². The fraction of sp³-hybridized carbons (Fsp3) is 0.333. The Morgan fingerprint density at radius 3 is 2.82 bits per heavy atom. The molecule has 22 heavy (non-hydrogen) atoms. The third kappa shape index (κ3) is 2.91. The minimum atomic E-state index is -3.26. The Balaban J connectivity index is 2.20. The summed E-state index contributed by atoms with van der Waals surface area (Å²) < 4.78 is 26.0. The Labute approximate surface area is 132 Å². The first-order valence-electron chi connectivity index (χ1n) is 6.93. The molecule has 0 unspecified atom stereocenters. The first-order valence-corrected chi connectivity index (χ1v) is 9.64. The van der Waals surface area contributed by atoms with Gasteiger partial charge in [-0.3, -0.25) is 4.79 Å². The highest BCUT2D eigenvalue weighted by molar-refractivity contribution is 7.90. The molecule has 7 heteroatoms. The third-order valence-corrected chi connectivity index (χ3v) is 5.68. The largest absolute Gasteiger partial charge is 0.313 e. The fourth-order valence-electron chi connectivity index (χ4n) is 2.19. The highest BCUT2D eigenvalue weighted by Gasteiger charge is 2.29. The number of nitrogens with zero attached hydrogens (tertiary/aromatic N) is 2. The van der Waals surface area contributed by atoms with Gasteiger partial charge in [0.05, 0.1) is 15.1 Å². The van der Waals surface area contributed by atoms with Crippen LogP contribution in [0.25, 0.3) is 10.2 Å². The predicted octanol–water partition coefficient (Wildman–Crippen LogP) is 2.13. The second-order valence-electron chi connectivity index (χ2n) is 5.41. The van der Waals surface area contributed by atoms with Crippen molar-refractivity contribution in [3.05, 3.63) is 35.7 Å². The molecule has 1 aliphatic rings. The highest BCUT2D eigenvalue weighted by atomic mass is 32.2.